The molecule has 1 aliphatic carbocycles. The molecule has 1 aromatic heterocycles. The third-order valence-corrected chi connectivity index (χ3v) is 1.87. The first-order valence-corrected chi connectivity index (χ1v) is 4.19. The fourth-order valence-corrected chi connectivity index (χ4v) is 1.06. The first-order valence-electron chi connectivity index (χ1n) is 4.19. The maximum absolute atomic E-state index is 7.28. The molecule has 5 nitrogen and oxygen atoms in total. The molecule has 0 radical (unpaired) electrons. The van der Waals surface area contributed by atoms with Crippen molar-refractivity contribution in [2.75, 3.05) is 5.32 Å². The first kappa shape index (κ1) is 7.97. The van der Waals surface area contributed by atoms with Crippen molar-refractivity contribution < 1.29 is 0 Å². The van der Waals surface area contributed by atoms with Crippen LogP contribution in [0.4, 0.5) is 5.82 Å². The van der Waals surface area contributed by atoms with E-state index in [0.717, 1.165) is 12.8 Å². The van der Waals surface area contributed by atoms with Gasteiger partial charge < -0.3 is 11.1 Å². The number of anilines is 1. The van der Waals surface area contributed by atoms with Gasteiger partial charge in [-0.15, -0.1) is 0 Å². The van der Waals surface area contributed by atoms with Gasteiger partial charge in [0.05, 0.1) is 0 Å². The highest BCUT2D eigenvalue weighted by molar-refractivity contribution is 5.97. The van der Waals surface area contributed by atoms with Crippen LogP contribution in [0.15, 0.2) is 12.4 Å². The van der Waals surface area contributed by atoms with E-state index in [0.29, 0.717) is 17.6 Å². The fourth-order valence-electron chi connectivity index (χ4n) is 1.06. The summed E-state index contributed by atoms with van der Waals surface area (Å²) < 4.78 is 0. The minimum atomic E-state index is -0.0451. The van der Waals surface area contributed by atoms with E-state index < -0.39 is 0 Å². The van der Waals surface area contributed by atoms with Crippen LogP contribution in [0.25, 0.3) is 0 Å². The van der Waals surface area contributed by atoms with E-state index in [1.165, 1.54) is 6.20 Å². The third kappa shape index (κ3) is 1.74. The Labute approximate surface area is 75.9 Å². The largest absolute Gasteiger partial charge is 0.382 e. The summed E-state index contributed by atoms with van der Waals surface area (Å²) in [5.74, 6) is 0.578. The zero-order valence-electron chi connectivity index (χ0n) is 7.12. The monoisotopic (exact) mass is 177 g/mol. The molecule has 0 aliphatic heterocycles. The molecule has 1 saturated carbocycles. The van der Waals surface area contributed by atoms with Crippen molar-refractivity contribution in [1.82, 2.24) is 9.97 Å². The van der Waals surface area contributed by atoms with Crippen LogP contribution in [-0.2, 0) is 0 Å². The maximum Gasteiger partial charge on any atom is 0.155 e. The standard InChI is InChI=1S/C8H11N5/c9-7(10)6-8(12-4-3-11-6)13-5-1-2-5/h3-5H,1-2H2,(H3,9,10)(H,12,13). The van der Waals surface area contributed by atoms with Crippen molar-refractivity contribution in [3.05, 3.63) is 18.1 Å². The van der Waals surface area contributed by atoms with E-state index >= 15 is 0 Å². The van der Waals surface area contributed by atoms with Crippen molar-refractivity contribution in [2.24, 2.45) is 5.73 Å². The predicted octanol–water partition coefficient (Wildman–Crippen LogP) is 0.335. The third-order valence-electron chi connectivity index (χ3n) is 1.87. The van der Waals surface area contributed by atoms with Gasteiger partial charge in [-0.3, -0.25) is 5.41 Å². The molecule has 1 fully saturated rings. The second kappa shape index (κ2) is 3.01. The van der Waals surface area contributed by atoms with Gasteiger partial charge >= 0.3 is 0 Å². The summed E-state index contributed by atoms with van der Waals surface area (Å²) in [7, 11) is 0. The smallest absolute Gasteiger partial charge is 0.155 e. The van der Waals surface area contributed by atoms with Crippen LogP contribution in [0.1, 0.15) is 18.5 Å². The molecule has 1 heterocycles. The lowest BCUT2D eigenvalue weighted by Gasteiger charge is -2.06. The van der Waals surface area contributed by atoms with E-state index in [2.05, 4.69) is 15.3 Å². The molecular formula is C8H11N5. The zero-order chi connectivity index (χ0) is 9.26. The molecule has 4 N–H and O–H groups in total. The number of aromatic nitrogens is 2. The Bertz CT molecular complexity index is 331. The molecule has 5 heteroatoms. The summed E-state index contributed by atoms with van der Waals surface area (Å²) in [6, 6.07) is 0.495. The Kier molecular flexibility index (Phi) is 1.84. The summed E-state index contributed by atoms with van der Waals surface area (Å²) >= 11 is 0. The minimum Gasteiger partial charge on any atom is -0.382 e. The summed E-state index contributed by atoms with van der Waals surface area (Å²) in [5, 5.41) is 10.4. The quantitative estimate of drug-likeness (QED) is 0.458. The minimum absolute atomic E-state index is 0.0451. The van der Waals surface area contributed by atoms with Gasteiger partial charge in [0.25, 0.3) is 0 Å². The average Bonchev–Trinajstić information content (AvgIpc) is 2.89. The normalized spacial score (nSPS) is 15.4. The van der Waals surface area contributed by atoms with Crippen LogP contribution >= 0.6 is 0 Å². The van der Waals surface area contributed by atoms with Crippen LogP contribution in [0, 0.1) is 5.41 Å². The average molecular weight is 177 g/mol. The van der Waals surface area contributed by atoms with Gasteiger partial charge in [0, 0.05) is 18.4 Å². The van der Waals surface area contributed by atoms with Gasteiger partial charge in [-0.05, 0) is 12.8 Å². The number of nitrogen functional groups attached to an aromatic ring is 1. The van der Waals surface area contributed by atoms with Crippen molar-refractivity contribution >= 4 is 11.7 Å². The Balaban J connectivity index is 2.25. The highest BCUT2D eigenvalue weighted by atomic mass is 15.1. The van der Waals surface area contributed by atoms with E-state index in [-0.39, 0.29) is 5.84 Å². The highest BCUT2D eigenvalue weighted by Gasteiger charge is 2.23. The molecule has 0 spiro atoms. The number of nitrogens with one attached hydrogen (secondary N) is 2. The van der Waals surface area contributed by atoms with E-state index in [9.17, 15) is 0 Å². The van der Waals surface area contributed by atoms with Crippen molar-refractivity contribution in [1.29, 1.82) is 5.41 Å². The van der Waals surface area contributed by atoms with Crippen LogP contribution in [0.3, 0.4) is 0 Å². The second-order valence-electron chi connectivity index (χ2n) is 3.09. The van der Waals surface area contributed by atoms with Crippen LogP contribution < -0.4 is 11.1 Å². The molecule has 68 valence electrons. The predicted molar refractivity (Wildman–Crippen MR) is 49.7 cm³/mol. The van der Waals surface area contributed by atoms with E-state index in [4.69, 9.17) is 11.1 Å². The zero-order valence-corrected chi connectivity index (χ0v) is 7.12. The second-order valence-corrected chi connectivity index (χ2v) is 3.09. The molecule has 0 saturated heterocycles. The molecule has 13 heavy (non-hydrogen) atoms. The molecule has 0 unspecified atom stereocenters. The Morgan fingerprint density at radius 1 is 1.46 bits per heavy atom. The summed E-state index contributed by atoms with van der Waals surface area (Å²) in [6.07, 6.45) is 5.45. The molecule has 2 rings (SSSR count). The summed E-state index contributed by atoms with van der Waals surface area (Å²) in [5.41, 5.74) is 5.79. The topological polar surface area (TPSA) is 87.7 Å². The van der Waals surface area contributed by atoms with Crippen LogP contribution in [0.5, 0.6) is 0 Å². The summed E-state index contributed by atoms with van der Waals surface area (Å²) in [6.45, 7) is 0. The number of rotatable bonds is 3. The molecule has 0 atom stereocenters. The van der Waals surface area contributed by atoms with Gasteiger partial charge in [0.2, 0.25) is 0 Å². The molecule has 0 amide bonds. The highest BCUT2D eigenvalue weighted by Crippen LogP contribution is 2.24. The van der Waals surface area contributed by atoms with Crippen molar-refractivity contribution in [2.45, 2.75) is 18.9 Å². The number of nitrogens with two attached hydrogens (primary N) is 1. The number of amidine groups is 1. The summed E-state index contributed by atoms with van der Waals surface area (Å²) in [4.78, 5) is 8.07. The van der Waals surface area contributed by atoms with Gasteiger partial charge in [-0.1, -0.05) is 0 Å². The SMILES string of the molecule is N=C(N)c1nccnc1NC1CC1. The lowest BCUT2D eigenvalue weighted by atomic mass is 10.3. The number of nitrogens with zero attached hydrogens (tertiary/aromatic N) is 2. The Morgan fingerprint density at radius 2 is 2.15 bits per heavy atom. The van der Waals surface area contributed by atoms with Crippen LogP contribution in [-0.4, -0.2) is 21.8 Å². The Hall–Kier alpha value is -1.65. The van der Waals surface area contributed by atoms with Crippen LogP contribution in [0.2, 0.25) is 0 Å². The molecule has 0 aromatic carbocycles. The van der Waals surface area contributed by atoms with Gasteiger partial charge in [-0.2, -0.15) is 0 Å². The Morgan fingerprint density at radius 3 is 2.77 bits per heavy atom. The van der Waals surface area contributed by atoms with Gasteiger partial charge in [-0.25, -0.2) is 9.97 Å². The lowest BCUT2D eigenvalue weighted by molar-refractivity contribution is 1.07. The molecular weight excluding hydrogens is 166 g/mol. The van der Waals surface area contributed by atoms with Gasteiger partial charge in [0.1, 0.15) is 11.5 Å². The lowest BCUT2D eigenvalue weighted by Crippen LogP contribution is -2.18. The van der Waals surface area contributed by atoms with Crippen molar-refractivity contribution in [3.8, 4) is 0 Å². The molecule has 1 aromatic rings. The number of hydrogen-bond donors (Lipinski definition) is 3. The molecule has 1 aliphatic rings. The van der Waals surface area contributed by atoms with E-state index in [1.54, 1.807) is 6.20 Å². The van der Waals surface area contributed by atoms with E-state index in [1.807, 2.05) is 0 Å². The number of hydrogen-bond acceptors (Lipinski definition) is 4. The fraction of sp³-hybridized carbons (Fsp3) is 0.375. The maximum atomic E-state index is 7.28. The van der Waals surface area contributed by atoms with Crippen molar-refractivity contribution in [3.63, 3.8) is 0 Å². The van der Waals surface area contributed by atoms with Gasteiger partial charge in [0.15, 0.2) is 5.82 Å². The molecule has 0 bridgehead atoms. The first-order chi connectivity index (χ1) is 6.27.